The largest absolute Gasteiger partial charge is 0.495 e. The molecule has 5 heteroatoms. The van der Waals surface area contributed by atoms with Crippen molar-refractivity contribution in [3.05, 3.63) is 59.7 Å². The summed E-state index contributed by atoms with van der Waals surface area (Å²) >= 11 is 0. The van der Waals surface area contributed by atoms with Crippen molar-refractivity contribution in [3.8, 4) is 5.75 Å². The van der Waals surface area contributed by atoms with Gasteiger partial charge in [-0.15, -0.1) is 0 Å². The average Bonchev–Trinajstić information content (AvgIpc) is 3.04. The number of carbonyl (C=O) groups is 2. The molecule has 1 aliphatic heterocycles. The SMILES string of the molecule is COc1ccccc1N(CN1CCCC1=O)C(=O)c1cccc(C)c1. The first-order valence-electron chi connectivity index (χ1n) is 8.39. The van der Waals surface area contributed by atoms with Gasteiger partial charge in [0.05, 0.1) is 12.8 Å². The van der Waals surface area contributed by atoms with E-state index < -0.39 is 0 Å². The zero-order chi connectivity index (χ0) is 17.8. The zero-order valence-electron chi connectivity index (χ0n) is 14.6. The number of aryl methyl sites for hydroxylation is 1. The summed E-state index contributed by atoms with van der Waals surface area (Å²) in [7, 11) is 1.58. The van der Waals surface area contributed by atoms with Crippen molar-refractivity contribution in [2.24, 2.45) is 0 Å². The highest BCUT2D eigenvalue weighted by Gasteiger charge is 2.27. The van der Waals surface area contributed by atoms with Gasteiger partial charge in [0.1, 0.15) is 12.4 Å². The van der Waals surface area contributed by atoms with Crippen LogP contribution < -0.4 is 9.64 Å². The molecule has 0 spiro atoms. The first kappa shape index (κ1) is 17.0. The molecule has 0 unspecified atom stereocenters. The van der Waals surface area contributed by atoms with Crippen molar-refractivity contribution < 1.29 is 14.3 Å². The van der Waals surface area contributed by atoms with Crippen molar-refractivity contribution in [2.75, 3.05) is 25.2 Å². The van der Waals surface area contributed by atoms with E-state index in [1.165, 1.54) is 0 Å². The van der Waals surface area contributed by atoms with Crippen LogP contribution in [0.15, 0.2) is 48.5 Å². The smallest absolute Gasteiger partial charge is 0.259 e. The predicted octanol–water partition coefficient (Wildman–Crippen LogP) is 3.23. The molecular weight excluding hydrogens is 316 g/mol. The summed E-state index contributed by atoms with van der Waals surface area (Å²) in [6.45, 7) is 2.85. The summed E-state index contributed by atoms with van der Waals surface area (Å²) in [5, 5.41) is 0. The number of carbonyl (C=O) groups excluding carboxylic acids is 2. The van der Waals surface area contributed by atoms with Crippen molar-refractivity contribution in [1.29, 1.82) is 0 Å². The van der Waals surface area contributed by atoms with Crippen molar-refractivity contribution in [3.63, 3.8) is 0 Å². The van der Waals surface area contributed by atoms with Gasteiger partial charge in [-0.25, -0.2) is 0 Å². The number of rotatable bonds is 5. The number of hydrogen-bond acceptors (Lipinski definition) is 3. The molecule has 0 aromatic heterocycles. The van der Waals surface area contributed by atoms with Gasteiger partial charge in [-0.2, -0.15) is 0 Å². The minimum absolute atomic E-state index is 0.0805. The monoisotopic (exact) mass is 338 g/mol. The molecule has 2 aromatic rings. The van der Waals surface area contributed by atoms with Gasteiger partial charge >= 0.3 is 0 Å². The molecule has 0 atom stereocenters. The van der Waals surface area contributed by atoms with Gasteiger partial charge in [-0.3, -0.25) is 14.5 Å². The molecule has 0 bridgehead atoms. The summed E-state index contributed by atoms with van der Waals surface area (Å²) in [6.07, 6.45) is 1.37. The molecule has 5 nitrogen and oxygen atoms in total. The van der Waals surface area contributed by atoms with Crippen molar-refractivity contribution in [1.82, 2.24) is 4.90 Å². The topological polar surface area (TPSA) is 49.9 Å². The molecule has 2 aromatic carbocycles. The second-order valence-corrected chi connectivity index (χ2v) is 6.18. The van der Waals surface area contributed by atoms with Gasteiger partial charge in [0.25, 0.3) is 5.91 Å². The minimum atomic E-state index is -0.145. The lowest BCUT2D eigenvalue weighted by Crippen LogP contribution is -2.42. The highest BCUT2D eigenvalue weighted by molar-refractivity contribution is 6.07. The number of ether oxygens (including phenoxy) is 1. The molecule has 1 saturated heterocycles. The second-order valence-electron chi connectivity index (χ2n) is 6.18. The van der Waals surface area contributed by atoms with E-state index in [9.17, 15) is 9.59 Å². The number of methoxy groups -OCH3 is 1. The standard InChI is InChI=1S/C20H22N2O3/c1-15-7-5-8-16(13-15)20(24)22(14-21-12-6-11-19(21)23)17-9-3-4-10-18(17)25-2/h3-5,7-10,13H,6,11-12,14H2,1-2H3. The highest BCUT2D eigenvalue weighted by atomic mass is 16.5. The number of likely N-dealkylation sites (tertiary alicyclic amines) is 1. The van der Waals surface area contributed by atoms with Crippen molar-refractivity contribution >= 4 is 17.5 Å². The zero-order valence-corrected chi connectivity index (χ0v) is 14.6. The number of benzene rings is 2. The van der Waals surface area contributed by atoms with E-state index in [-0.39, 0.29) is 18.5 Å². The van der Waals surface area contributed by atoms with Gasteiger partial charge in [0, 0.05) is 18.5 Å². The van der Waals surface area contributed by atoms with E-state index in [1.54, 1.807) is 23.0 Å². The molecule has 1 heterocycles. The third-order valence-electron chi connectivity index (χ3n) is 4.37. The van der Waals surface area contributed by atoms with E-state index in [4.69, 9.17) is 4.74 Å². The Bertz CT molecular complexity index is 788. The Balaban J connectivity index is 1.99. The third kappa shape index (κ3) is 3.65. The van der Waals surface area contributed by atoms with E-state index in [1.807, 2.05) is 49.4 Å². The maximum absolute atomic E-state index is 13.2. The van der Waals surface area contributed by atoms with Gasteiger partial charge in [0.15, 0.2) is 0 Å². The Labute approximate surface area is 147 Å². The number of para-hydroxylation sites is 2. The molecule has 130 valence electrons. The summed E-state index contributed by atoms with van der Waals surface area (Å²) in [5.74, 6) is 0.542. The summed E-state index contributed by atoms with van der Waals surface area (Å²) in [5.41, 5.74) is 2.27. The third-order valence-corrected chi connectivity index (χ3v) is 4.37. The van der Waals surface area contributed by atoms with Gasteiger partial charge in [-0.05, 0) is 37.6 Å². The van der Waals surface area contributed by atoms with Crippen LogP contribution in [0.25, 0.3) is 0 Å². The van der Waals surface area contributed by atoms with Crippen LogP contribution in [0.2, 0.25) is 0 Å². The number of nitrogens with zero attached hydrogens (tertiary/aromatic N) is 2. The van der Waals surface area contributed by atoms with E-state index in [0.29, 0.717) is 30.0 Å². The van der Waals surface area contributed by atoms with Crippen LogP contribution in [0, 0.1) is 6.92 Å². The number of hydrogen-bond donors (Lipinski definition) is 0. The summed E-state index contributed by atoms with van der Waals surface area (Å²) in [4.78, 5) is 28.6. The molecule has 0 radical (unpaired) electrons. The maximum Gasteiger partial charge on any atom is 0.259 e. The van der Waals surface area contributed by atoms with Crippen LogP contribution in [-0.2, 0) is 4.79 Å². The fraction of sp³-hybridized carbons (Fsp3) is 0.300. The van der Waals surface area contributed by atoms with Gasteiger partial charge < -0.3 is 9.64 Å². The van der Waals surface area contributed by atoms with Crippen LogP contribution in [0.4, 0.5) is 5.69 Å². The van der Waals surface area contributed by atoms with E-state index in [2.05, 4.69) is 0 Å². The molecule has 2 amide bonds. The van der Waals surface area contributed by atoms with E-state index >= 15 is 0 Å². The van der Waals surface area contributed by atoms with Gasteiger partial charge in [-0.1, -0.05) is 29.8 Å². The molecule has 1 fully saturated rings. The highest BCUT2D eigenvalue weighted by Crippen LogP contribution is 2.30. The van der Waals surface area contributed by atoms with Crippen LogP contribution >= 0.6 is 0 Å². The Morgan fingerprint density at radius 2 is 2.00 bits per heavy atom. The second kappa shape index (κ2) is 7.38. The Morgan fingerprint density at radius 3 is 2.68 bits per heavy atom. The average molecular weight is 338 g/mol. The lowest BCUT2D eigenvalue weighted by Gasteiger charge is -2.29. The predicted molar refractivity (Wildman–Crippen MR) is 96.8 cm³/mol. The first-order valence-corrected chi connectivity index (χ1v) is 8.39. The lowest BCUT2D eigenvalue weighted by molar-refractivity contribution is -0.127. The molecule has 25 heavy (non-hydrogen) atoms. The molecule has 0 N–H and O–H groups in total. The number of anilines is 1. The molecule has 3 rings (SSSR count). The quantitative estimate of drug-likeness (QED) is 0.841. The fourth-order valence-corrected chi connectivity index (χ4v) is 3.06. The Morgan fingerprint density at radius 1 is 1.20 bits per heavy atom. The van der Waals surface area contributed by atoms with Crippen LogP contribution in [0.3, 0.4) is 0 Å². The maximum atomic E-state index is 13.2. The van der Waals surface area contributed by atoms with Crippen LogP contribution in [-0.4, -0.2) is 37.0 Å². The van der Waals surface area contributed by atoms with E-state index in [0.717, 1.165) is 12.0 Å². The Kier molecular flexibility index (Phi) is 5.03. The summed E-state index contributed by atoms with van der Waals surface area (Å²) < 4.78 is 5.43. The fourth-order valence-electron chi connectivity index (χ4n) is 3.06. The Hall–Kier alpha value is -2.82. The molecule has 0 saturated carbocycles. The first-order chi connectivity index (χ1) is 12.1. The van der Waals surface area contributed by atoms with Crippen LogP contribution in [0.5, 0.6) is 5.75 Å². The lowest BCUT2D eigenvalue weighted by atomic mass is 10.1. The van der Waals surface area contributed by atoms with Crippen LogP contribution in [0.1, 0.15) is 28.8 Å². The normalized spacial score (nSPS) is 13.8. The molecule has 0 aliphatic carbocycles. The molecular formula is C20H22N2O3. The number of amides is 2. The molecule has 1 aliphatic rings. The summed E-state index contributed by atoms with van der Waals surface area (Å²) in [6, 6.07) is 14.8. The minimum Gasteiger partial charge on any atom is -0.495 e. The van der Waals surface area contributed by atoms with Crippen molar-refractivity contribution in [2.45, 2.75) is 19.8 Å². The van der Waals surface area contributed by atoms with Gasteiger partial charge in [0.2, 0.25) is 5.91 Å².